The highest BCUT2D eigenvalue weighted by Gasteiger charge is 2.22. The minimum atomic E-state index is 0.0523. The van der Waals surface area contributed by atoms with Gasteiger partial charge in [0.2, 0.25) is 0 Å². The zero-order valence-electron chi connectivity index (χ0n) is 14.1. The molecule has 0 unspecified atom stereocenters. The van der Waals surface area contributed by atoms with Crippen LogP contribution in [0.5, 0.6) is 11.5 Å². The maximum absolute atomic E-state index is 12.9. The molecule has 0 atom stereocenters. The molecule has 124 valence electrons. The van der Waals surface area contributed by atoms with Gasteiger partial charge in [-0.15, -0.1) is 0 Å². The molecule has 22 heavy (non-hydrogen) atoms. The van der Waals surface area contributed by atoms with Gasteiger partial charge in [-0.1, -0.05) is 19.8 Å². The van der Waals surface area contributed by atoms with E-state index in [0.29, 0.717) is 17.1 Å². The van der Waals surface area contributed by atoms with Crippen LogP contribution >= 0.6 is 22.6 Å². The van der Waals surface area contributed by atoms with Gasteiger partial charge in [-0.2, -0.15) is 0 Å². The second-order valence-corrected chi connectivity index (χ2v) is 6.65. The molecule has 0 fully saturated rings. The van der Waals surface area contributed by atoms with Crippen LogP contribution in [0.15, 0.2) is 12.1 Å². The van der Waals surface area contributed by atoms with Crippen molar-refractivity contribution in [2.24, 2.45) is 0 Å². The van der Waals surface area contributed by atoms with Crippen LogP contribution in [0.25, 0.3) is 0 Å². The molecule has 0 radical (unpaired) electrons. The molecular weight excluding hydrogens is 393 g/mol. The number of nitrogens with zero attached hydrogens (tertiary/aromatic N) is 1. The Morgan fingerprint density at radius 3 is 2.27 bits per heavy atom. The van der Waals surface area contributed by atoms with Gasteiger partial charge in [-0.05, 0) is 55.0 Å². The third-order valence-electron chi connectivity index (χ3n) is 3.59. The third kappa shape index (κ3) is 4.76. The van der Waals surface area contributed by atoms with Crippen molar-refractivity contribution in [2.45, 2.75) is 46.1 Å². The van der Waals surface area contributed by atoms with Crippen molar-refractivity contribution >= 4 is 28.5 Å². The summed E-state index contributed by atoms with van der Waals surface area (Å²) in [4.78, 5) is 14.8. The Kier molecular flexibility index (Phi) is 8.00. The van der Waals surface area contributed by atoms with E-state index in [2.05, 4.69) is 43.4 Å². The minimum Gasteiger partial charge on any atom is -0.493 e. The normalized spacial score (nSPS) is 10.7. The maximum Gasteiger partial charge on any atom is 0.255 e. The number of carbonyl (C=O) groups is 1. The average Bonchev–Trinajstić information content (AvgIpc) is 2.50. The molecular formula is C17H26INO3. The maximum atomic E-state index is 12.9. The molecule has 0 N–H and O–H groups in total. The molecule has 0 aliphatic rings. The lowest BCUT2D eigenvalue weighted by Gasteiger charge is -2.27. The van der Waals surface area contributed by atoms with Crippen molar-refractivity contribution in [2.75, 3.05) is 20.8 Å². The van der Waals surface area contributed by atoms with Crippen molar-refractivity contribution in [1.29, 1.82) is 0 Å². The first-order chi connectivity index (χ1) is 10.5. The van der Waals surface area contributed by atoms with Gasteiger partial charge >= 0.3 is 0 Å². The molecule has 0 saturated heterocycles. The lowest BCUT2D eigenvalue weighted by atomic mass is 10.1. The van der Waals surface area contributed by atoms with Crippen molar-refractivity contribution in [3.63, 3.8) is 0 Å². The Hall–Kier alpha value is -0.980. The molecule has 0 aliphatic carbocycles. The molecule has 4 nitrogen and oxygen atoms in total. The fourth-order valence-corrected chi connectivity index (χ4v) is 2.97. The SMILES string of the molecule is CCCCCN(C(=O)c1cc(OC)c(OC)cc1I)C(C)C. The first-order valence-corrected chi connectivity index (χ1v) is 8.76. The number of methoxy groups -OCH3 is 2. The highest BCUT2D eigenvalue weighted by molar-refractivity contribution is 14.1. The van der Waals surface area contributed by atoms with Crippen LogP contribution in [0, 0.1) is 3.57 Å². The standard InChI is InChI=1S/C17H26INO3/c1-6-7-8-9-19(12(2)3)17(20)13-10-15(21-4)16(22-5)11-14(13)18/h10-12H,6-9H2,1-5H3. The summed E-state index contributed by atoms with van der Waals surface area (Å²) in [6.45, 7) is 7.06. The molecule has 0 aliphatic heterocycles. The zero-order chi connectivity index (χ0) is 16.7. The summed E-state index contributed by atoms with van der Waals surface area (Å²) in [7, 11) is 3.18. The summed E-state index contributed by atoms with van der Waals surface area (Å²) in [5.74, 6) is 1.28. The zero-order valence-corrected chi connectivity index (χ0v) is 16.3. The molecule has 1 rings (SSSR count). The van der Waals surface area contributed by atoms with Crippen LogP contribution in [-0.4, -0.2) is 37.6 Å². The van der Waals surface area contributed by atoms with Gasteiger partial charge in [-0.25, -0.2) is 0 Å². The van der Waals surface area contributed by atoms with Gasteiger partial charge in [0.1, 0.15) is 0 Å². The molecule has 0 bridgehead atoms. The number of amides is 1. The Morgan fingerprint density at radius 1 is 1.18 bits per heavy atom. The lowest BCUT2D eigenvalue weighted by Crippen LogP contribution is -2.38. The van der Waals surface area contributed by atoms with E-state index < -0.39 is 0 Å². The van der Waals surface area contributed by atoms with Gasteiger partial charge in [0.15, 0.2) is 11.5 Å². The van der Waals surface area contributed by atoms with Gasteiger partial charge in [0.05, 0.1) is 19.8 Å². The first-order valence-electron chi connectivity index (χ1n) is 7.68. The third-order valence-corrected chi connectivity index (χ3v) is 4.48. The highest BCUT2D eigenvalue weighted by Crippen LogP contribution is 2.32. The number of hydrogen-bond acceptors (Lipinski definition) is 3. The number of benzene rings is 1. The number of hydrogen-bond donors (Lipinski definition) is 0. The summed E-state index contributed by atoms with van der Waals surface area (Å²) in [5, 5.41) is 0. The van der Waals surface area contributed by atoms with Crippen molar-refractivity contribution < 1.29 is 14.3 Å². The molecule has 1 aromatic carbocycles. The van der Waals surface area contributed by atoms with Crippen molar-refractivity contribution in [3.05, 3.63) is 21.3 Å². The Balaban J connectivity index is 3.07. The summed E-state index contributed by atoms with van der Waals surface area (Å²) in [5.41, 5.74) is 0.670. The van der Waals surface area contributed by atoms with Gasteiger partial charge in [0.25, 0.3) is 5.91 Å². The second-order valence-electron chi connectivity index (χ2n) is 5.49. The van der Waals surface area contributed by atoms with Gasteiger partial charge in [-0.3, -0.25) is 4.79 Å². The highest BCUT2D eigenvalue weighted by atomic mass is 127. The van der Waals surface area contributed by atoms with E-state index in [1.54, 1.807) is 20.3 Å². The molecule has 0 heterocycles. The van der Waals surface area contributed by atoms with Crippen LogP contribution < -0.4 is 9.47 Å². The lowest BCUT2D eigenvalue weighted by molar-refractivity contribution is 0.0700. The minimum absolute atomic E-state index is 0.0523. The fourth-order valence-electron chi connectivity index (χ4n) is 2.30. The van der Waals surface area contributed by atoms with E-state index in [0.717, 1.165) is 29.4 Å². The topological polar surface area (TPSA) is 38.8 Å². The van der Waals surface area contributed by atoms with E-state index in [9.17, 15) is 4.79 Å². The first kappa shape index (κ1) is 19.1. The van der Waals surface area contributed by atoms with Gasteiger partial charge in [0, 0.05) is 16.2 Å². The Bertz CT molecular complexity index is 503. The van der Waals surface area contributed by atoms with E-state index >= 15 is 0 Å². The molecule has 0 spiro atoms. The van der Waals surface area contributed by atoms with E-state index in [-0.39, 0.29) is 11.9 Å². The monoisotopic (exact) mass is 419 g/mol. The number of ether oxygens (including phenoxy) is 2. The molecule has 5 heteroatoms. The van der Waals surface area contributed by atoms with Gasteiger partial charge < -0.3 is 14.4 Å². The number of halogens is 1. The van der Waals surface area contributed by atoms with Crippen molar-refractivity contribution in [1.82, 2.24) is 4.90 Å². The molecule has 0 saturated carbocycles. The van der Waals surface area contributed by atoms with Crippen LogP contribution in [0.3, 0.4) is 0 Å². The van der Waals surface area contributed by atoms with Crippen LogP contribution in [0.2, 0.25) is 0 Å². The van der Waals surface area contributed by atoms with Crippen LogP contribution in [0.4, 0.5) is 0 Å². The molecule has 1 aromatic rings. The average molecular weight is 419 g/mol. The van der Waals surface area contributed by atoms with E-state index in [1.807, 2.05) is 11.0 Å². The summed E-state index contributed by atoms with van der Waals surface area (Å²) >= 11 is 2.18. The summed E-state index contributed by atoms with van der Waals surface area (Å²) in [6, 6.07) is 3.79. The Morgan fingerprint density at radius 2 is 1.77 bits per heavy atom. The molecule has 1 amide bonds. The summed E-state index contributed by atoms with van der Waals surface area (Å²) in [6.07, 6.45) is 3.32. The number of carbonyl (C=O) groups excluding carboxylic acids is 1. The quantitative estimate of drug-likeness (QED) is 0.465. The molecule has 0 aromatic heterocycles. The smallest absolute Gasteiger partial charge is 0.255 e. The predicted molar refractivity (Wildman–Crippen MR) is 98.0 cm³/mol. The fraction of sp³-hybridized carbons (Fsp3) is 0.588. The largest absolute Gasteiger partial charge is 0.493 e. The summed E-state index contributed by atoms with van der Waals surface area (Å²) < 4.78 is 11.5. The number of unbranched alkanes of at least 4 members (excludes halogenated alkanes) is 2. The Labute approximate surface area is 147 Å². The van der Waals surface area contributed by atoms with Crippen LogP contribution in [-0.2, 0) is 0 Å². The second kappa shape index (κ2) is 9.22. The predicted octanol–water partition coefficient (Wildman–Crippen LogP) is 4.35. The van der Waals surface area contributed by atoms with E-state index in [4.69, 9.17) is 9.47 Å². The van der Waals surface area contributed by atoms with Crippen LogP contribution in [0.1, 0.15) is 50.4 Å². The van der Waals surface area contributed by atoms with Crippen molar-refractivity contribution in [3.8, 4) is 11.5 Å². The number of rotatable bonds is 8. The van der Waals surface area contributed by atoms with E-state index in [1.165, 1.54) is 0 Å².